The van der Waals surface area contributed by atoms with Gasteiger partial charge < -0.3 is 15.5 Å². The van der Waals surface area contributed by atoms with Crippen molar-refractivity contribution in [1.82, 2.24) is 10.2 Å². The third kappa shape index (κ3) is 5.02. The number of carbonyl (C=O) groups is 2. The number of amides is 2. The number of rotatable bonds is 5. The van der Waals surface area contributed by atoms with Crippen molar-refractivity contribution in [3.05, 3.63) is 60.2 Å². The molecule has 2 fully saturated rings. The Labute approximate surface area is 178 Å². The summed E-state index contributed by atoms with van der Waals surface area (Å²) in [6.07, 6.45) is 7.34. The molecule has 158 valence electrons. The van der Waals surface area contributed by atoms with Gasteiger partial charge in [-0.25, -0.2) is 0 Å². The van der Waals surface area contributed by atoms with Crippen LogP contribution < -0.4 is 10.6 Å². The number of piperidine rings is 1. The summed E-state index contributed by atoms with van der Waals surface area (Å²) in [6.45, 7) is 1.48. The SMILES string of the molecule is O=C(NC1CCN(C(=O)C2CCCCC2)CC1)c1ccccc1Nc1ccccc1. The minimum Gasteiger partial charge on any atom is -0.355 e. The normalized spacial score (nSPS) is 18.1. The van der Waals surface area contributed by atoms with E-state index in [0.717, 1.165) is 50.1 Å². The highest BCUT2D eigenvalue weighted by Crippen LogP contribution is 2.27. The van der Waals surface area contributed by atoms with E-state index >= 15 is 0 Å². The van der Waals surface area contributed by atoms with E-state index in [9.17, 15) is 9.59 Å². The van der Waals surface area contributed by atoms with Gasteiger partial charge in [0.05, 0.1) is 11.3 Å². The van der Waals surface area contributed by atoms with E-state index in [-0.39, 0.29) is 17.9 Å². The first-order valence-electron chi connectivity index (χ1n) is 11.2. The number of para-hydroxylation sites is 2. The van der Waals surface area contributed by atoms with Crippen molar-refractivity contribution in [2.45, 2.75) is 51.0 Å². The molecule has 5 heteroatoms. The number of likely N-dealkylation sites (tertiary alicyclic amines) is 1. The van der Waals surface area contributed by atoms with Crippen LogP contribution in [0.2, 0.25) is 0 Å². The fraction of sp³-hybridized carbons (Fsp3) is 0.440. The molecule has 0 radical (unpaired) electrons. The maximum absolute atomic E-state index is 13.0. The molecule has 30 heavy (non-hydrogen) atoms. The van der Waals surface area contributed by atoms with E-state index in [4.69, 9.17) is 0 Å². The van der Waals surface area contributed by atoms with E-state index in [2.05, 4.69) is 10.6 Å². The molecule has 2 amide bonds. The standard InChI is InChI=1S/C25H31N3O2/c29-24(22-13-7-8-14-23(22)26-20-11-5-2-6-12-20)27-21-15-17-28(18-16-21)25(30)19-9-3-1-4-10-19/h2,5-8,11-14,19,21,26H,1,3-4,9-10,15-18H2,(H,27,29). The monoisotopic (exact) mass is 405 g/mol. The van der Waals surface area contributed by atoms with Crippen LogP contribution >= 0.6 is 0 Å². The Kier molecular flexibility index (Phi) is 6.67. The van der Waals surface area contributed by atoms with Crippen LogP contribution in [0.4, 0.5) is 11.4 Å². The van der Waals surface area contributed by atoms with E-state index in [1.165, 1.54) is 19.3 Å². The molecule has 0 spiro atoms. The number of hydrogen-bond donors (Lipinski definition) is 2. The maximum atomic E-state index is 13.0. The molecule has 0 aromatic heterocycles. The summed E-state index contributed by atoms with van der Waals surface area (Å²) >= 11 is 0. The highest BCUT2D eigenvalue weighted by molar-refractivity contribution is 6.00. The lowest BCUT2D eigenvalue weighted by atomic mass is 9.87. The number of nitrogens with zero attached hydrogens (tertiary/aromatic N) is 1. The quantitative estimate of drug-likeness (QED) is 0.756. The molecule has 4 rings (SSSR count). The third-order valence-corrected chi connectivity index (χ3v) is 6.32. The Bertz CT molecular complexity index is 854. The Hall–Kier alpha value is -2.82. The second-order valence-electron chi connectivity index (χ2n) is 8.44. The Morgan fingerprint density at radius 3 is 2.20 bits per heavy atom. The van der Waals surface area contributed by atoms with Gasteiger partial charge in [0.1, 0.15) is 0 Å². The van der Waals surface area contributed by atoms with Crippen molar-refractivity contribution >= 4 is 23.2 Å². The summed E-state index contributed by atoms with van der Waals surface area (Å²) in [5.74, 6) is 0.490. The van der Waals surface area contributed by atoms with Crippen molar-refractivity contribution < 1.29 is 9.59 Å². The van der Waals surface area contributed by atoms with Crippen LogP contribution in [-0.2, 0) is 4.79 Å². The molecule has 0 bridgehead atoms. The van der Waals surface area contributed by atoms with Gasteiger partial charge in [0.2, 0.25) is 5.91 Å². The minimum atomic E-state index is -0.0638. The van der Waals surface area contributed by atoms with Crippen molar-refractivity contribution in [2.75, 3.05) is 18.4 Å². The molecule has 1 aliphatic heterocycles. The summed E-state index contributed by atoms with van der Waals surface area (Å²) in [7, 11) is 0. The molecular weight excluding hydrogens is 374 g/mol. The van der Waals surface area contributed by atoms with E-state index < -0.39 is 0 Å². The molecule has 1 saturated carbocycles. The van der Waals surface area contributed by atoms with Crippen molar-refractivity contribution in [3.63, 3.8) is 0 Å². The second-order valence-corrected chi connectivity index (χ2v) is 8.44. The zero-order chi connectivity index (χ0) is 20.8. The van der Waals surface area contributed by atoms with E-state index in [1.807, 2.05) is 59.5 Å². The number of anilines is 2. The molecule has 1 saturated heterocycles. The van der Waals surface area contributed by atoms with Crippen LogP contribution in [0, 0.1) is 5.92 Å². The summed E-state index contributed by atoms with van der Waals surface area (Å²) in [6, 6.07) is 17.6. The number of carbonyl (C=O) groups excluding carboxylic acids is 2. The fourth-order valence-corrected chi connectivity index (χ4v) is 4.58. The predicted molar refractivity (Wildman–Crippen MR) is 120 cm³/mol. The van der Waals surface area contributed by atoms with Crippen LogP contribution in [0.15, 0.2) is 54.6 Å². The molecule has 5 nitrogen and oxygen atoms in total. The average Bonchev–Trinajstić information content (AvgIpc) is 2.81. The zero-order valence-electron chi connectivity index (χ0n) is 17.5. The highest BCUT2D eigenvalue weighted by atomic mass is 16.2. The Morgan fingerprint density at radius 1 is 0.800 bits per heavy atom. The first kappa shape index (κ1) is 20.5. The van der Waals surface area contributed by atoms with Crippen LogP contribution in [0.1, 0.15) is 55.3 Å². The van der Waals surface area contributed by atoms with Gasteiger partial charge in [-0.3, -0.25) is 9.59 Å². The van der Waals surface area contributed by atoms with Gasteiger partial charge in [0.25, 0.3) is 5.91 Å². The van der Waals surface area contributed by atoms with E-state index in [1.54, 1.807) is 0 Å². The predicted octanol–water partition coefficient (Wildman–Crippen LogP) is 4.73. The molecule has 0 unspecified atom stereocenters. The molecule has 0 atom stereocenters. The molecule has 2 aliphatic rings. The summed E-state index contributed by atoms with van der Waals surface area (Å²) < 4.78 is 0. The van der Waals surface area contributed by atoms with Gasteiger partial charge in [0.15, 0.2) is 0 Å². The maximum Gasteiger partial charge on any atom is 0.253 e. The first-order chi connectivity index (χ1) is 14.7. The first-order valence-corrected chi connectivity index (χ1v) is 11.2. The summed E-state index contributed by atoms with van der Waals surface area (Å²) in [5.41, 5.74) is 2.39. The molecular formula is C25H31N3O2. The fourth-order valence-electron chi connectivity index (χ4n) is 4.58. The van der Waals surface area contributed by atoms with Crippen LogP contribution in [0.5, 0.6) is 0 Å². The van der Waals surface area contributed by atoms with Gasteiger partial charge in [0, 0.05) is 30.7 Å². The number of benzene rings is 2. The zero-order valence-corrected chi connectivity index (χ0v) is 17.5. The topological polar surface area (TPSA) is 61.4 Å². The highest BCUT2D eigenvalue weighted by Gasteiger charge is 2.29. The Morgan fingerprint density at radius 2 is 1.47 bits per heavy atom. The molecule has 2 aromatic carbocycles. The lowest BCUT2D eigenvalue weighted by Crippen LogP contribution is -2.48. The minimum absolute atomic E-state index is 0.0638. The second kappa shape index (κ2) is 9.79. The van der Waals surface area contributed by atoms with Gasteiger partial charge in [-0.15, -0.1) is 0 Å². The van der Waals surface area contributed by atoms with Gasteiger partial charge in [-0.05, 0) is 49.9 Å². The number of hydrogen-bond acceptors (Lipinski definition) is 3. The van der Waals surface area contributed by atoms with Crippen molar-refractivity contribution in [1.29, 1.82) is 0 Å². The molecule has 1 aliphatic carbocycles. The lowest BCUT2D eigenvalue weighted by Gasteiger charge is -2.35. The van der Waals surface area contributed by atoms with Crippen molar-refractivity contribution in [3.8, 4) is 0 Å². The van der Waals surface area contributed by atoms with Crippen LogP contribution in [0.3, 0.4) is 0 Å². The molecule has 2 aromatic rings. The van der Waals surface area contributed by atoms with Gasteiger partial charge in [-0.1, -0.05) is 49.6 Å². The van der Waals surface area contributed by atoms with Gasteiger partial charge >= 0.3 is 0 Å². The van der Waals surface area contributed by atoms with Crippen molar-refractivity contribution in [2.24, 2.45) is 5.92 Å². The molecule has 1 heterocycles. The Balaban J connectivity index is 1.32. The molecule has 2 N–H and O–H groups in total. The lowest BCUT2D eigenvalue weighted by molar-refractivity contribution is -0.137. The average molecular weight is 406 g/mol. The summed E-state index contributed by atoms with van der Waals surface area (Å²) in [5, 5.41) is 6.52. The van der Waals surface area contributed by atoms with Crippen LogP contribution in [-0.4, -0.2) is 35.8 Å². The van der Waals surface area contributed by atoms with E-state index in [0.29, 0.717) is 11.5 Å². The van der Waals surface area contributed by atoms with Crippen LogP contribution in [0.25, 0.3) is 0 Å². The summed E-state index contributed by atoms with van der Waals surface area (Å²) in [4.78, 5) is 27.7. The smallest absolute Gasteiger partial charge is 0.253 e. The largest absolute Gasteiger partial charge is 0.355 e. The number of nitrogens with one attached hydrogen (secondary N) is 2. The third-order valence-electron chi connectivity index (χ3n) is 6.32. The van der Waals surface area contributed by atoms with Gasteiger partial charge in [-0.2, -0.15) is 0 Å².